The highest BCUT2D eigenvalue weighted by atomic mass is 19.1. The lowest BCUT2D eigenvalue weighted by Crippen LogP contribution is -2.29. The van der Waals surface area contributed by atoms with Crippen molar-refractivity contribution in [2.45, 2.75) is 6.04 Å². The standard InChI is InChI=1S/C20H17F2N3O/c1-25-11-10-23-20(25)19(15-5-3-7-17(22)13-15)24-18(26)9-8-14-4-2-6-16(21)12-14/h2-13,19H,1H3,(H,24,26). The lowest BCUT2D eigenvalue weighted by atomic mass is 10.1. The van der Waals surface area contributed by atoms with Crippen LogP contribution in [0.5, 0.6) is 0 Å². The molecule has 3 rings (SSSR count). The van der Waals surface area contributed by atoms with Gasteiger partial charge in [-0.3, -0.25) is 4.79 Å². The molecule has 1 aromatic heterocycles. The average molecular weight is 353 g/mol. The van der Waals surface area contributed by atoms with E-state index in [0.717, 1.165) is 0 Å². The van der Waals surface area contributed by atoms with Gasteiger partial charge in [-0.05, 0) is 41.5 Å². The fourth-order valence-corrected chi connectivity index (χ4v) is 2.61. The first kappa shape index (κ1) is 17.5. The Bertz CT molecular complexity index is 949. The number of rotatable bonds is 5. The van der Waals surface area contributed by atoms with E-state index in [9.17, 15) is 13.6 Å². The van der Waals surface area contributed by atoms with Crippen molar-refractivity contribution in [3.63, 3.8) is 0 Å². The normalized spacial score (nSPS) is 12.3. The summed E-state index contributed by atoms with van der Waals surface area (Å²) in [6.45, 7) is 0. The molecular weight excluding hydrogens is 336 g/mol. The largest absolute Gasteiger partial charge is 0.339 e. The summed E-state index contributed by atoms with van der Waals surface area (Å²) in [5.41, 5.74) is 1.14. The van der Waals surface area contributed by atoms with Gasteiger partial charge in [0.05, 0.1) is 0 Å². The van der Waals surface area contributed by atoms with Gasteiger partial charge >= 0.3 is 0 Å². The Kier molecular flexibility index (Phi) is 5.22. The number of hydrogen-bond donors (Lipinski definition) is 1. The van der Waals surface area contributed by atoms with Crippen LogP contribution in [0.3, 0.4) is 0 Å². The number of nitrogens with zero attached hydrogens (tertiary/aromatic N) is 2. The maximum atomic E-state index is 13.6. The van der Waals surface area contributed by atoms with Crippen molar-refractivity contribution in [1.29, 1.82) is 0 Å². The van der Waals surface area contributed by atoms with Crippen LogP contribution in [-0.4, -0.2) is 15.5 Å². The van der Waals surface area contributed by atoms with Gasteiger partial charge in [-0.25, -0.2) is 13.8 Å². The lowest BCUT2D eigenvalue weighted by Gasteiger charge is -2.18. The highest BCUT2D eigenvalue weighted by Crippen LogP contribution is 2.21. The maximum Gasteiger partial charge on any atom is 0.244 e. The highest BCUT2D eigenvalue weighted by molar-refractivity contribution is 5.92. The summed E-state index contributed by atoms with van der Waals surface area (Å²) in [5, 5.41) is 2.82. The molecule has 132 valence electrons. The number of aromatic nitrogens is 2. The van der Waals surface area contributed by atoms with Gasteiger partial charge in [0.2, 0.25) is 5.91 Å². The van der Waals surface area contributed by atoms with Gasteiger partial charge in [-0.15, -0.1) is 0 Å². The fourth-order valence-electron chi connectivity index (χ4n) is 2.61. The molecule has 0 bridgehead atoms. The van der Waals surface area contributed by atoms with Crippen LogP contribution in [-0.2, 0) is 11.8 Å². The molecule has 0 saturated heterocycles. The average Bonchev–Trinajstić information content (AvgIpc) is 3.04. The van der Waals surface area contributed by atoms with Crippen molar-refractivity contribution in [3.8, 4) is 0 Å². The number of benzene rings is 2. The summed E-state index contributed by atoms with van der Waals surface area (Å²) in [6.07, 6.45) is 6.18. The van der Waals surface area contributed by atoms with Gasteiger partial charge in [0, 0.05) is 25.5 Å². The van der Waals surface area contributed by atoms with Crippen LogP contribution in [0.15, 0.2) is 67.0 Å². The molecule has 0 aliphatic carbocycles. The fraction of sp³-hybridized carbons (Fsp3) is 0.100. The van der Waals surface area contributed by atoms with Gasteiger partial charge in [-0.1, -0.05) is 24.3 Å². The van der Waals surface area contributed by atoms with Gasteiger partial charge in [0.1, 0.15) is 23.5 Å². The second kappa shape index (κ2) is 7.74. The van der Waals surface area contributed by atoms with Crippen LogP contribution in [0.4, 0.5) is 8.78 Å². The van der Waals surface area contributed by atoms with E-state index >= 15 is 0 Å². The van der Waals surface area contributed by atoms with E-state index in [1.54, 1.807) is 48.3 Å². The minimum atomic E-state index is -0.615. The first-order valence-corrected chi connectivity index (χ1v) is 8.00. The third kappa shape index (κ3) is 4.22. The molecule has 4 nitrogen and oxygen atoms in total. The van der Waals surface area contributed by atoms with Gasteiger partial charge in [0.25, 0.3) is 0 Å². The van der Waals surface area contributed by atoms with Crippen LogP contribution in [0, 0.1) is 11.6 Å². The minimum absolute atomic E-state index is 0.377. The zero-order valence-corrected chi connectivity index (χ0v) is 14.1. The molecule has 26 heavy (non-hydrogen) atoms. The summed E-state index contributed by atoms with van der Waals surface area (Å²) in [6, 6.07) is 11.3. The first-order valence-electron chi connectivity index (χ1n) is 8.00. The second-order valence-electron chi connectivity index (χ2n) is 5.78. The molecule has 1 N–H and O–H groups in total. The predicted octanol–water partition coefficient (Wildman–Crippen LogP) is 3.62. The molecule has 6 heteroatoms. The lowest BCUT2D eigenvalue weighted by molar-refractivity contribution is -0.117. The third-order valence-corrected chi connectivity index (χ3v) is 3.86. The molecule has 1 heterocycles. The molecule has 3 aromatic rings. The monoisotopic (exact) mass is 353 g/mol. The Labute approximate surface area is 149 Å². The van der Waals surface area contributed by atoms with E-state index in [2.05, 4.69) is 10.3 Å². The topological polar surface area (TPSA) is 46.9 Å². The Balaban J connectivity index is 1.84. The molecule has 0 spiro atoms. The van der Waals surface area contributed by atoms with E-state index in [4.69, 9.17) is 0 Å². The summed E-state index contributed by atoms with van der Waals surface area (Å²) < 4.78 is 28.6. The van der Waals surface area contributed by atoms with Gasteiger partial charge in [-0.2, -0.15) is 0 Å². The Hall–Kier alpha value is -3.28. The smallest absolute Gasteiger partial charge is 0.244 e. The van der Waals surface area contributed by atoms with E-state index < -0.39 is 17.8 Å². The van der Waals surface area contributed by atoms with Crippen molar-refractivity contribution >= 4 is 12.0 Å². The maximum absolute atomic E-state index is 13.6. The zero-order valence-electron chi connectivity index (χ0n) is 14.1. The van der Waals surface area contributed by atoms with Crippen molar-refractivity contribution in [3.05, 3.63) is 95.6 Å². The summed E-state index contributed by atoms with van der Waals surface area (Å²) in [4.78, 5) is 16.6. The molecule has 1 unspecified atom stereocenters. The van der Waals surface area contributed by atoms with Crippen LogP contribution in [0.1, 0.15) is 23.0 Å². The van der Waals surface area contributed by atoms with E-state index in [0.29, 0.717) is 17.0 Å². The van der Waals surface area contributed by atoms with Gasteiger partial charge in [0.15, 0.2) is 0 Å². The number of amides is 1. The molecule has 0 aliphatic rings. The molecule has 0 radical (unpaired) electrons. The Morgan fingerprint density at radius 3 is 2.54 bits per heavy atom. The molecule has 0 fully saturated rings. The van der Waals surface area contributed by atoms with Crippen molar-refractivity contribution < 1.29 is 13.6 Å². The van der Waals surface area contributed by atoms with E-state index in [1.807, 2.05) is 0 Å². The number of carbonyl (C=O) groups excluding carboxylic acids is 1. The predicted molar refractivity (Wildman–Crippen MR) is 95.0 cm³/mol. The summed E-state index contributed by atoms with van der Waals surface area (Å²) >= 11 is 0. The van der Waals surface area contributed by atoms with Crippen molar-refractivity contribution in [1.82, 2.24) is 14.9 Å². The van der Waals surface area contributed by atoms with E-state index in [1.165, 1.54) is 36.4 Å². The van der Waals surface area contributed by atoms with Gasteiger partial charge < -0.3 is 9.88 Å². The minimum Gasteiger partial charge on any atom is -0.339 e. The summed E-state index contributed by atoms with van der Waals surface area (Å²) in [7, 11) is 1.80. The molecule has 1 amide bonds. The molecule has 0 aliphatic heterocycles. The molecule has 2 aromatic carbocycles. The number of aryl methyl sites for hydroxylation is 1. The number of hydrogen-bond acceptors (Lipinski definition) is 2. The summed E-state index contributed by atoms with van der Waals surface area (Å²) in [5.74, 6) is -0.598. The van der Waals surface area contributed by atoms with Crippen LogP contribution in [0.25, 0.3) is 6.08 Å². The zero-order chi connectivity index (χ0) is 18.5. The first-order chi connectivity index (χ1) is 12.5. The third-order valence-electron chi connectivity index (χ3n) is 3.86. The molecular formula is C20H17F2N3O. The Morgan fingerprint density at radius 1 is 1.15 bits per heavy atom. The number of carbonyl (C=O) groups is 1. The number of nitrogens with one attached hydrogen (secondary N) is 1. The number of imidazole rings is 1. The van der Waals surface area contributed by atoms with Crippen molar-refractivity contribution in [2.75, 3.05) is 0 Å². The Morgan fingerprint density at radius 2 is 1.88 bits per heavy atom. The highest BCUT2D eigenvalue weighted by Gasteiger charge is 2.20. The second-order valence-corrected chi connectivity index (χ2v) is 5.78. The van der Waals surface area contributed by atoms with Crippen LogP contribution in [0.2, 0.25) is 0 Å². The van der Waals surface area contributed by atoms with Crippen molar-refractivity contribution in [2.24, 2.45) is 7.05 Å². The molecule has 0 saturated carbocycles. The van der Waals surface area contributed by atoms with E-state index in [-0.39, 0.29) is 5.82 Å². The molecule has 1 atom stereocenters. The number of halogens is 2. The van der Waals surface area contributed by atoms with Crippen LogP contribution < -0.4 is 5.32 Å². The SMILES string of the molecule is Cn1ccnc1C(NC(=O)C=Cc1cccc(F)c1)c1cccc(F)c1. The van der Waals surface area contributed by atoms with Crippen LogP contribution >= 0.6 is 0 Å². The quantitative estimate of drug-likeness (QED) is 0.712.